The van der Waals surface area contributed by atoms with Gasteiger partial charge in [0.1, 0.15) is 0 Å². The van der Waals surface area contributed by atoms with Crippen molar-refractivity contribution in [2.24, 2.45) is 0 Å². The lowest BCUT2D eigenvalue weighted by Crippen LogP contribution is -1.96. The van der Waals surface area contributed by atoms with Crippen LogP contribution in [0.5, 0.6) is 0 Å². The summed E-state index contributed by atoms with van der Waals surface area (Å²) in [7, 11) is 0. The first kappa shape index (κ1) is 9.65. The summed E-state index contributed by atoms with van der Waals surface area (Å²) in [6.07, 6.45) is 3.57. The topological polar surface area (TPSA) is 70.4 Å². The number of nitrogens with zero attached hydrogens (tertiary/aromatic N) is 2. The zero-order chi connectivity index (χ0) is 11.8. The van der Waals surface area contributed by atoms with E-state index in [2.05, 4.69) is 9.97 Å². The number of imidazole rings is 1. The number of aromatic carboxylic acids is 1. The molecular formula is C12H9N3O2. The number of carboxylic acids is 1. The lowest BCUT2D eigenvalue weighted by molar-refractivity contribution is 0.0693. The van der Waals surface area contributed by atoms with Gasteiger partial charge in [-0.3, -0.25) is 4.40 Å². The normalized spacial score (nSPS) is 10.8. The number of aromatic nitrogens is 3. The second kappa shape index (κ2) is 3.48. The van der Waals surface area contributed by atoms with Gasteiger partial charge in [0.05, 0.1) is 11.2 Å². The Kier molecular flexibility index (Phi) is 1.98. The molecule has 2 N–H and O–H groups in total. The van der Waals surface area contributed by atoms with Gasteiger partial charge in [0, 0.05) is 12.4 Å². The molecule has 0 aliphatic rings. The first-order chi connectivity index (χ1) is 8.27. The molecule has 3 aromatic rings. The van der Waals surface area contributed by atoms with Crippen LogP contribution in [0.3, 0.4) is 0 Å². The van der Waals surface area contributed by atoms with Crippen LogP contribution in [0, 0.1) is 0 Å². The van der Waals surface area contributed by atoms with Crippen LogP contribution in [0.15, 0.2) is 42.7 Å². The maximum Gasteiger partial charge on any atom is 0.356 e. The number of hydrogen-bond donors (Lipinski definition) is 2. The summed E-state index contributed by atoms with van der Waals surface area (Å²) in [4.78, 5) is 18.3. The fraction of sp³-hybridized carbons (Fsp3) is 0. The maximum absolute atomic E-state index is 11.1. The molecule has 0 aliphatic heterocycles. The Morgan fingerprint density at radius 2 is 2.18 bits per heavy atom. The standard InChI is InChI=1S/C12H9N3O2/c16-12(17)10-9-5-1-2-7-15(9)11(14-10)8-4-3-6-13-8/h1-7,13H,(H,16,17). The summed E-state index contributed by atoms with van der Waals surface area (Å²) < 4.78 is 1.76. The van der Waals surface area contributed by atoms with Crippen LogP contribution in [-0.4, -0.2) is 25.4 Å². The average Bonchev–Trinajstić information content (AvgIpc) is 2.95. The maximum atomic E-state index is 11.1. The molecule has 0 bridgehead atoms. The molecular weight excluding hydrogens is 218 g/mol. The summed E-state index contributed by atoms with van der Waals surface area (Å²) in [6.45, 7) is 0. The predicted molar refractivity (Wildman–Crippen MR) is 61.9 cm³/mol. The first-order valence-corrected chi connectivity index (χ1v) is 5.11. The Labute approximate surface area is 96.4 Å². The molecule has 5 heteroatoms. The van der Waals surface area contributed by atoms with Crippen LogP contribution in [0.1, 0.15) is 10.5 Å². The highest BCUT2D eigenvalue weighted by atomic mass is 16.4. The Morgan fingerprint density at radius 1 is 1.29 bits per heavy atom. The quantitative estimate of drug-likeness (QED) is 0.703. The number of carbonyl (C=O) groups is 1. The number of carboxylic acid groups (broad SMARTS) is 1. The molecule has 0 unspecified atom stereocenters. The average molecular weight is 227 g/mol. The highest BCUT2D eigenvalue weighted by Crippen LogP contribution is 2.21. The number of fused-ring (bicyclic) bond motifs is 1. The number of hydrogen-bond acceptors (Lipinski definition) is 2. The minimum absolute atomic E-state index is 0.0650. The number of aromatic amines is 1. The van der Waals surface area contributed by atoms with Gasteiger partial charge >= 0.3 is 5.97 Å². The van der Waals surface area contributed by atoms with Gasteiger partial charge in [-0.15, -0.1) is 0 Å². The summed E-state index contributed by atoms with van der Waals surface area (Å²) in [6, 6.07) is 9.07. The van der Waals surface area contributed by atoms with Gasteiger partial charge in [-0.1, -0.05) is 6.07 Å². The van der Waals surface area contributed by atoms with Crippen LogP contribution < -0.4 is 0 Å². The molecule has 0 amide bonds. The van der Waals surface area contributed by atoms with Crippen LogP contribution >= 0.6 is 0 Å². The molecule has 0 radical (unpaired) electrons. The molecule has 0 spiro atoms. The highest BCUT2D eigenvalue weighted by molar-refractivity contribution is 5.94. The number of rotatable bonds is 2. The third-order valence-corrected chi connectivity index (χ3v) is 2.59. The second-order valence-corrected chi connectivity index (χ2v) is 3.63. The molecule has 5 nitrogen and oxygen atoms in total. The Bertz CT molecular complexity index is 683. The third kappa shape index (κ3) is 1.40. The van der Waals surface area contributed by atoms with E-state index in [-0.39, 0.29) is 5.69 Å². The zero-order valence-corrected chi connectivity index (χ0v) is 8.79. The molecule has 0 fully saturated rings. The van der Waals surface area contributed by atoms with E-state index in [9.17, 15) is 4.79 Å². The Balaban J connectivity index is 2.37. The molecule has 3 rings (SSSR count). The van der Waals surface area contributed by atoms with E-state index >= 15 is 0 Å². The third-order valence-electron chi connectivity index (χ3n) is 2.59. The largest absolute Gasteiger partial charge is 0.476 e. The number of pyridine rings is 1. The molecule has 84 valence electrons. The predicted octanol–water partition coefficient (Wildman–Crippen LogP) is 2.03. The van der Waals surface area contributed by atoms with Crippen molar-refractivity contribution >= 4 is 11.5 Å². The zero-order valence-electron chi connectivity index (χ0n) is 8.79. The van der Waals surface area contributed by atoms with Crippen LogP contribution in [0.4, 0.5) is 0 Å². The van der Waals surface area contributed by atoms with Crippen molar-refractivity contribution in [1.82, 2.24) is 14.4 Å². The molecule has 0 saturated heterocycles. The Hall–Kier alpha value is -2.56. The van der Waals surface area contributed by atoms with Gasteiger partial charge in [0.25, 0.3) is 0 Å². The van der Waals surface area contributed by atoms with Gasteiger partial charge in [-0.25, -0.2) is 9.78 Å². The first-order valence-electron chi connectivity index (χ1n) is 5.11. The van der Waals surface area contributed by atoms with E-state index in [1.807, 2.05) is 18.2 Å². The summed E-state index contributed by atoms with van der Waals surface area (Å²) in [5, 5.41) is 9.11. The van der Waals surface area contributed by atoms with Crippen molar-refractivity contribution in [2.75, 3.05) is 0 Å². The lowest BCUT2D eigenvalue weighted by atomic mass is 10.3. The van der Waals surface area contributed by atoms with Gasteiger partial charge in [0.2, 0.25) is 0 Å². The SMILES string of the molecule is O=C(O)c1nc(-c2ccc[nH]2)n2ccccc12. The van der Waals surface area contributed by atoms with Crippen molar-refractivity contribution in [3.05, 3.63) is 48.4 Å². The van der Waals surface area contributed by atoms with Crippen molar-refractivity contribution in [2.45, 2.75) is 0 Å². The van der Waals surface area contributed by atoms with Crippen molar-refractivity contribution in [3.8, 4) is 11.5 Å². The molecule has 17 heavy (non-hydrogen) atoms. The molecule has 0 aromatic carbocycles. The molecule has 3 aromatic heterocycles. The van der Waals surface area contributed by atoms with E-state index < -0.39 is 5.97 Å². The van der Waals surface area contributed by atoms with Crippen molar-refractivity contribution in [3.63, 3.8) is 0 Å². The van der Waals surface area contributed by atoms with E-state index in [1.54, 1.807) is 28.9 Å². The van der Waals surface area contributed by atoms with Gasteiger partial charge in [0.15, 0.2) is 11.5 Å². The van der Waals surface area contributed by atoms with Crippen LogP contribution in [0.2, 0.25) is 0 Å². The van der Waals surface area contributed by atoms with Crippen molar-refractivity contribution in [1.29, 1.82) is 0 Å². The van der Waals surface area contributed by atoms with E-state index in [4.69, 9.17) is 5.11 Å². The fourth-order valence-electron chi connectivity index (χ4n) is 1.85. The molecule has 0 aliphatic carbocycles. The number of nitrogens with one attached hydrogen (secondary N) is 1. The van der Waals surface area contributed by atoms with E-state index in [0.717, 1.165) is 5.69 Å². The molecule has 3 heterocycles. The highest BCUT2D eigenvalue weighted by Gasteiger charge is 2.17. The smallest absolute Gasteiger partial charge is 0.356 e. The van der Waals surface area contributed by atoms with Gasteiger partial charge in [-0.2, -0.15) is 0 Å². The van der Waals surface area contributed by atoms with Gasteiger partial charge in [-0.05, 0) is 24.3 Å². The Morgan fingerprint density at radius 3 is 2.88 bits per heavy atom. The summed E-state index contributed by atoms with van der Waals surface area (Å²) >= 11 is 0. The monoisotopic (exact) mass is 227 g/mol. The van der Waals surface area contributed by atoms with Crippen LogP contribution in [-0.2, 0) is 0 Å². The summed E-state index contributed by atoms with van der Waals surface area (Å²) in [5.41, 5.74) is 1.44. The van der Waals surface area contributed by atoms with E-state index in [1.165, 1.54) is 0 Å². The second-order valence-electron chi connectivity index (χ2n) is 3.63. The minimum Gasteiger partial charge on any atom is -0.476 e. The molecule has 0 atom stereocenters. The van der Waals surface area contributed by atoms with Crippen molar-refractivity contribution < 1.29 is 9.90 Å². The molecule has 0 saturated carbocycles. The summed E-state index contributed by atoms with van der Waals surface area (Å²) in [5.74, 6) is -0.422. The lowest BCUT2D eigenvalue weighted by Gasteiger charge is -1.97. The van der Waals surface area contributed by atoms with Crippen LogP contribution in [0.25, 0.3) is 17.0 Å². The van der Waals surface area contributed by atoms with E-state index in [0.29, 0.717) is 11.3 Å². The minimum atomic E-state index is -1.02. The van der Waals surface area contributed by atoms with Gasteiger partial charge < -0.3 is 10.1 Å². The number of H-pyrrole nitrogens is 1. The fourth-order valence-corrected chi connectivity index (χ4v) is 1.85.